The van der Waals surface area contributed by atoms with Gasteiger partial charge in [-0.1, -0.05) is 6.92 Å². The van der Waals surface area contributed by atoms with E-state index >= 15 is 0 Å². The molecule has 2 aromatic heterocycles. The minimum absolute atomic E-state index is 0.0486. The molecule has 0 saturated carbocycles. The molecule has 3 rings (SSSR count). The molecule has 0 aliphatic heterocycles. The minimum atomic E-state index is -0.222. The van der Waals surface area contributed by atoms with Crippen molar-refractivity contribution in [3.8, 4) is 11.4 Å². The van der Waals surface area contributed by atoms with Crippen molar-refractivity contribution >= 4 is 11.6 Å². The molecule has 25 heavy (non-hydrogen) atoms. The molecule has 128 valence electrons. The molecular weight excluding hydrogens is 320 g/mol. The topological polar surface area (TPSA) is 94.8 Å². The summed E-state index contributed by atoms with van der Waals surface area (Å²) in [5.41, 5.74) is 1.79. The predicted octanol–water partition coefficient (Wildman–Crippen LogP) is 2.49. The van der Waals surface area contributed by atoms with Crippen LogP contribution in [-0.4, -0.2) is 37.2 Å². The molecular formula is C17H18N6O2. The number of hydrogen-bond acceptors (Lipinski definition) is 6. The number of rotatable bonds is 6. The van der Waals surface area contributed by atoms with Gasteiger partial charge in [0.15, 0.2) is 0 Å². The van der Waals surface area contributed by atoms with E-state index in [0.29, 0.717) is 22.7 Å². The lowest BCUT2D eigenvalue weighted by molar-refractivity contribution is 0.102. The maximum atomic E-state index is 12.3. The zero-order valence-electron chi connectivity index (χ0n) is 14.0. The monoisotopic (exact) mass is 338 g/mol. The molecule has 1 unspecified atom stereocenters. The Morgan fingerprint density at radius 3 is 2.76 bits per heavy atom. The number of carbonyl (C=O) groups is 1. The SMILES string of the molecule is CCC(C)Oc1ccc(NC(=O)c2ccncc2)cc1-n1cnnn1. The zero-order chi connectivity index (χ0) is 17.6. The molecule has 1 amide bonds. The highest BCUT2D eigenvalue weighted by Crippen LogP contribution is 2.27. The molecule has 0 spiro atoms. The maximum absolute atomic E-state index is 12.3. The van der Waals surface area contributed by atoms with Crippen LogP contribution < -0.4 is 10.1 Å². The zero-order valence-corrected chi connectivity index (χ0v) is 14.0. The van der Waals surface area contributed by atoms with Gasteiger partial charge in [0.25, 0.3) is 5.91 Å². The van der Waals surface area contributed by atoms with Crippen LogP contribution in [0.1, 0.15) is 30.6 Å². The van der Waals surface area contributed by atoms with Crippen molar-refractivity contribution in [3.63, 3.8) is 0 Å². The number of carbonyl (C=O) groups excluding carboxylic acids is 1. The number of anilines is 1. The van der Waals surface area contributed by atoms with Crippen molar-refractivity contribution < 1.29 is 9.53 Å². The molecule has 2 heterocycles. The summed E-state index contributed by atoms with van der Waals surface area (Å²) in [4.78, 5) is 16.2. The summed E-state index contributed by atoms with van der Waals surface area (Å²) in [5, 5.41) is 14.1. The molecule has 0 fully saturated rings. The first kappa shape index (κ1) is 16.6. The molecule has 8 nitrogen and oxygen atoms in total. The highest BCUT2D eigenvalue weighted by Gasteiger charge is 2.13. The lowest BCUT2D eigenvalue weighted by Gasteiger charge is -2.17. The first-order valence-electron chi connectivity index (χ1n) is 7.93. The highest BCUT2D eigenvalue weighted by molar-refractivity contribution is 6.04. The number of amides is 1. The van der Waals surface area contributed by atoms with Gasteiger partial charge in [-0.05, 0) is 54.1 Å². The summed E-state index contributed by atoms with van der Waals surface area (Å²) in [7, 11) is 0. The normalized spacial score (nSPS) is 11.8. The Balaban J connectivity index is 1.89. The third kappa shape index (κ3) is 3.97. The Hall–Kier alpha value is -3.29. The van der Waals surface area contributed by atoms with Gasteiger partial charge in [0, 0.05) is 23.6 Å². The number of pyridine rings is 1. The Morgan fingerprint density at radius 2 is 2.08 bits per heavy atom. The van der Waals surface area contributed by atoms with Crippen LogP contribution in [0.2, 0.25) is 0 Å². The second kappa shape index (κ2) is 7.52. The predicted molar refractivity (Wildman–Crippen MR) is 91.7 cm³/mol. The van der Waals surface area contributed by atoms with Crippen molar-refractivity contribution in [2.75, 3.05) is 5.32 Å². The number of aromatic nitrogens is 5. The van der Waals surface area contributed by atoms with E-state index in [4.69, 9.17) is 4.74 Å². The molecule has 3 aromatic rings. The van der Waals surface area contributed by atoms with E-state index in [1.807, 2.05) is 13.8 Å². The second-order valence-corrected chi connectivity index (χ2v) is 5.46. The fourth-order valence-electron chi connectivity index (χ4n) is 2.15. The van der Waals surface area contributed by atoms with Gasteiger partial charge < -0.3 is 10.1 Å². The largest absolute Gasteiger partial charge is 0.488 e. The maximum Gasteiger partial charge on any atom is 0.255 e. The van der Waals surface area contributed by atoms with Crippen molar-refractivity contribution in [1.29, 1.82) is 0 Å². The Labute approximate surface area is 144 Å². The molecule has 1 aromatic carbocycles. The highest BCUT2D eigenvalue weighted by atomic mass is 16.5. The van der Waals surface area contributed by atoms with E-state index < -0.39 is 0 Å². The Bertz CT molecular complexity index is 836. The van der Waals surface area contributed by atoms with Gasteiger partial charge in [0.1, 0.15) is 17.8 Å². The average molecular weight is 338 g/mol. The summed E-state index contributed by atoms with van der Waals surface area (Å²) >= 11 is 0. The van der Waals surface area contributed by atoms with E-state index in [2.05, 4.69) is 25.8 Å². The summed E-state index contributed by atoms with van der Waals surface area (Å²) in [6.45, 7) is 4.03. The Morgan fingerprint density at radius 1 is 1.28 bits per heavy atom. The van der Waals surface area contributed by atoms with Gasteiger partial charge in [-0.2, -0.15) is 4.68 Å². The van der Waals surface area contributed by atoms with Crippen LogP contribution in [0.15, 0.2) is 49.1 Å². The molecule has 8 heteroatoms. The third-order valence-electron chi connectivity index (χ3n) is 3.66. The summed E-state index contributed by atoms with van der Waals surface area (Å²) in [6, 6.07) is 8.65. The van der Waals surface area contributed by atoms with Crippen molar-refractivity contribution in [1.82, 2.24) is 25.2 Å². The summed E-state index contributed by atoms with van der Waals surface area (Å²) in [5.74, 6) is 0.421. The van der Waals surface area contributed by atoms with Crippen LogP contribution in [0, 0.1) is 0 Å². The second-order valence-electron chi connectivity index (χ2n) is 5.46. The Kier molecular flexibility index (Phi) is 4.98. The third-order valence-corrected chi connectivity index (χ3v) is 3.66. The van der Waals surface area contributed by atoms with Crippen LogP contribution in [0.3, 0.4) is 0 Å². The van der Waals surface area contributed by atoms with Gasteiger partial charge in [-0.25, -0.2) is 0 Å². The van der Waals surface area contributed by atoms with Gasteiger partial charge in [-0.3, -0.25) is 9.78 Å². The van der Waals surface area contributed by atoms with Gasteiger partial charge in [0.05, 0.1) is 6.10 Å². The van der Waals surface area contributed by atoms with E-state index in [-0.39, 0.29) is 12.0 Å². The minimum Gasteiger partial charge on any atom is -0.488 e. The van der Waals surface area contributed by atoms with Crippen molar-refractivity contribution in [2.45, 2.75) is 26.4 Å². The molecule has 0 bridgehead atoms. The first-order chi connectivity index (χ1) is 12.2. The number of ether oxygens (including phenoxy) is 1. The lowest BCUT2D eigenvalue weighted by Crippen LogP contribution is -2.14. The first-order valence-corrected chi connectivity index (χ1v) is 7.93. The molecule has 0 saturated heterocycles. The van der Waals surface area contributed by atoms with Crippen LogP contribution in [-0.2, 0) is 0 Å². The van der Waals surface area contributed by atoms with Crippen LogP contribution in [0.4, 0.5) is 5.69 Å². The van der Waals surface area contributed by atoms with E-state index in [1.54, 1.807) is 42.7 Å². The molecule has 1 atom stereocenters. The molecule has 0 radical (unpaired) electrons. The van der Waals surface area contributed by atoms with Crippen molar-refractivity contribution in [3.05, 3.63) is 54.6 Å². The van der Waals surface area contributed by atoms with Crippen LogP contribution in [0.25, 0.3) is 5.69 Å². The standard InChI is InChI=1S/C17H18N6O2/c1-3-12(2)25-16-5-4-14(10-15(16)23-11-19-21-22-23)20-17(24)13-6-8-18-9-7-13/h4-12H,3H2,1-2H3,(H,20,24). The van der Waals surface area contributed by atoms with E-state index in [1.165, 1.54) is 11.0 Å². The number of tetrazole rings is 1. The van der Waals surface area contributed by atoms with Crippen LogP contribution >= 0.6 is 0 Å². The fraction of sp³-hybridized carbons (Fsp3) is 0.235. The van der Waals surface area contributed by atoms with Gasteiger partial charge in [-0.15, -0.1) is 5.10 Å². The number of nitrogens with one attached hydrogen (secondary N) is 1. The average Bonchev–Trinajstić information content (AvgIpc) is 3.18. The number of benzene rings is 1. The lowest BCUT2D eigenvalue weighted by atomic mass is 10.2. The van der Waals surface area contributed by atoms with E-state index in [9.17, 15) is 4.79 Å². The number of hydrogen-bond donors (Lipinski definition) is 1. The van der Waals surface area contributed by atoms with Gasteiger partial charge >= 0.3 is 0 Å². The van der Waals surface area contributed by atoms with E-state index in [0.717, 1.165) is 6.42 Å². The summed E-state index contributed by atoms with van der Waals surface area (Å²) < 4.78 is 7.43. The van der Waals surface area contributed by atoms with Crippen LogP contribution in [0.5, 0.6) is 5.75 Å². The molecule has 0 aliphatic carbocycles. The van der Waals surface area contributed by atoms with Gasteiger partial charge in [0.2, 0.25) is 0 Å². The smallest absolute Gasteiger partial charge is 0.255 e. The number of nitrogens with zero attached hydrogens (tertiary/aromatic N) is 5. The molecule has 1 N–H and O–H groups in total. The molecule has 0 aliphatic rings. The fourth-order valence-corrected chi connectivity index (χ4v) is 2.15. The quantitative estimate of drug-likeness (QED) is 0.742. The summed E-state index contributed by atoms with van der Waals surface area (Å²) in [6.07, 6.45) is 5.55. The van der Waals surface area contributed by atoms with Crippen molar-refractivity contribution in [2.24, 2.45) is 0 Å².